The van der Waals surface area contributed by atoms with Crippen LogP contribution in [0.2, 0.25) is 0 Å². The molecule has 0 bridgehead atoms. The summed E-state index contributed by atoms with van der Waals surface area (Å²) in [6.07, 6.45) is 3.31. The number of carbonyl (C=O) groups excluding carboxylic acids is 1. The lowest BCUT2D eigenvalue weighted by Crippen LogP contribution is -2.32. The van der Waals surface area contributed by atoms with Crippen LogP contribution in [-0.2, 0) is 0 Å². The van der Waals surface area contributed by atoms with Gasteiger partial charge in [0.25, 0.3) is 5.91 Å². The summed E-state index contributed by atoms with van der Waals surface area (Å²) < 4.78 is 16.7. The van der Waals surface area contributed by atoms with Gasteiger partial charge in [-0.15, -0.1) is 0 Å². The SMILES string of the molecule is COc1cc(C(=O)NC(c2nc(-c3ccncc3)no2)C(C)C)cc(OC)c1Br. The Labute approximate surface area is 176 Å². The standard InChI is InChI=1S/C20H21BrN4O4/c1-11(2)17(20-24-18(25-29-20)12-5-7-22-8-6-12)23-19(26)13-9-14(27-3)16(21)15(10-13)28-4/h5-11,17H,1-4H3,(H,23,26). The summed E-state index contributed by atoms with van der Waals surface area (Å²) in [4.78, 5) is 21.4. The first-order chi connectivity index (χ1) is 13.9. The molecule has 1 N–H and O–H groups in total. The van der Waals surface area contributed by atoms with Crippen LogP contribution >= 0.6 is 15.9 Å². The zero-order valence-corrected chi connectivity index (χ0v) is 18.1. The number of pyridine rings is 1. The molecule has 1 atom stereocenters. The number of amides is 1. The van der Waals surface area contributed by atoms with Crippen molar-refractivity contribution in [2.24, 2.45) is 5.92 Å². The summed E-state index contributed by atoms with van der Waals surface area (Å²) in [5.41, 5.74) is 1.17. The predicted octanol–water partition coefficient (Wildman–Crippen LogP) is 4.04. The molecule has 152 valence electrons. The van der Waals surface area contributed by atoms with Crippen molar-refractivity contribution < 1.29 is 18.8 Å². The van der Waals surface area contributed by atoms with Crippen LogP contribution in [0, 0.1) is 5.92 Å². The Hall–Kier alpha value is -2.94. The van der Waals surface area contributed by atoms with E-state index in [-0.39, 0.29) is 11.8 Å². The van der Waals surface area contributed by atoms with E-state index in [1.807, 2.05) is 13.8 Å². The molecule has 29 heavy (non-hydrogen) atoms. The lowest BCUT2D eigenvalue weighted by Gasteiger charge is -2.19. The third-order valence-corrected chi connectivity index (χ3v) is 5.09. The van der Waals surface area contributed by atoms with Crippen LogP contribution in [0.4, 0.5) is 0 Å². The Kier molecular flexibility index (Phi) is 6.48. The van der Waals surface area contributed by atoms with Gasteiger partial charge in [0, 0.05) is 23.5 Å². The van der Waals surface area contributed by atoms with Gasteiger partial charge in [0.05, 0.1) is 14.2 Å². The van der Waals surface area contributed by atoms with Crippen molar-refractivity contribution in [3.8, 4) is 22.9 Å². The molecule has 2 heterocycles. The summed E-state index contributed by atoms with van der Waals surface area (Å²) in [6, 6.07) is 6.38. The average molecular weight is 461 g/mol. The highest BCUT2D eigenvalue weighted by molar-refractivity contribution is 9.10. The maximum Gasteiger partial charge on any atom is 0.252 e. The number of ether oxygens (including phenoxy) is 2. The van der Waals surface area contributed by atoms with Crippen LogP contribution in [-0.4, -0.2) is 35.3 Å². The summed E-state index contributed by atoms with van der Waals surface area (Å²) >= 11 is 3.40. The largest absolute Gasteiger partial charge is 0.495 e. The molecule has 0 aliphatic rings. The Bertz CT molecular complexity index is 966. The van der Waals surface area contributed by atoms with Gasteiger partial charge in [-0.25, -0.2) is 0 Å². The van der Waals surface area contributed by atoms with Gasteiger partial charge in [0.2, 0.25) is 11.7 Å². The second kappa shape index (κ2) is 9.04. The van der Waals surface area contributed by atoms with Crippen molar-refractivity contribution in [1.82, 2.24) is 20.4 Å². The van der Waals surface area contributed by atoms with E-state index in [4.69, 9.17) is 14.0 Å². The molecule has 8 nitrogen and oxygen atoms in total. The summed E-state index contributed by atoms with van der Waals surface area (Å²) in [7, 11) is 3.05. The van der Waals surface area contributed by atoms with Gasteiger partial charge in [-0.05, 0) is 46.1 Å². The van der Waals surface area contributed by atoms with E-state index in [0.717, 1.165) is 5.56 Å². The topological polar surface area (TPSA) is 99.4 Å². The molecule has 2 aromatic heterocycles. The van der Waals surface area contributed by atoms with Gasteiger partial charge >= 0.3 is 0 Å². The van der Waals surface area contributed by atoms with Gasteiger partial charge in [-0.3, -0.25) is 9.78 Å². The Morgan fingerprint density at radius 2 is 1.76 bits per heavy atom. The highest BCUT2D eigenvalue weighted by atomic mass is 79.9. The highest BCUT2D eigenvalue weighted by Gasteiger charge is 2.26. The fourth-order valence-electron chi connectivity index (χ4n) is 2.72. The molecule has 1 unspecified atom stereocenters. The maximum atomic E-state index is 12.9. The molecule has 3 aromatic rings. The number of halogens is 1. The normalized spacial score (nSPS) is 11.9. The average Bonchev–Trinajstić information content (AvgIpc) is 3.22. The van der Waals surface area contributed by atoms with Crippen LogP contribution in [0.1, 0.15) is 36.1 Å². The Morgan fingerprint density at radius 1 is 1.14 bits per heavy atom. The molecule has 9 heteroatoms. The fraction of sp³-hybridized carbons (Fsp3) is 0.300. The number of hydrogen-bond acceptors (Lipinski definition) is 7. The van der Waals surface area contributed by atoms with E-state index >= 15 is 0 Å². The van der Waals surface area contributed by atoms with Crippen LogP contribution in [0.5, 0.6) is 11.5 Å². The zero-order valence-electron chi connectivity index (χ0n) is 16.5. The maximum absolute atomic E-state index is 12.9. The molecular formula is C20H21BrN4O4. The van der Waals surface area contributed by atoms with E-state index in [0.29, 0.717) is 33.3 Å². The molecule has 1 aromatic carbocycles. The summed E-state index contributed by atoms with van der Waals surface area (Å²) in [6.45, 7) is 3.92. The first-order valence-corrected chi connectivity index (χ1v) is 9.70. The van der Waals surface area contributed by atoms with Crippen LogP contribution in [0.15, 0.2) is 45.7 Å². The first kappa shape index (κ1) is 20.8. The predicted molar refractivity (Wildman–Crippen MR) is 110 cm³/mol. The monoisotopic (exact) mass is 460 g/mol. The molecule has 0 spiro atoms. The van der Waals surface area contributed by atoms with Crippen LogP contribution in [0.3, 0.4) is 0 Å². The number of benzene rings is 1. The molecule has 3 rings (SSSR count). The van der Waals surface area contributed by atoms with Crippen molar-refractivity contribution in [3.63, 3.8) is 0 Å². The van der Waals surface area contributed by atoms with Crippen molar-refractivity contribution >= 4 is 21.8 Å². The van der Waals surface area contributed by atoms with Crippen molar-refractivity contribution in [1.29, 1.82) is 0 Å². The quantitative estimate of drug-likeness (QED) is 0.567. The Morgan fingerprint density at radius 3 is 2.31 bits per heavy atom. The van der Waals surface area contributed by atoms with Crippen molar-refractivity contribution in [2.75, 3.05) is 14.2 Å². The van der Waals surface area contributed by atoms with Gasteiger partial charge < -0.3 is 19.3 Å². The molecule has 0 saturated heterocycles. The van der Waals surface area contributed by atoms with E-state index < -0.39 is 6.04 Å². The molecular weight excluding hydrogens is 440 g/mol. The van der Waals surface area contributed by atoms with Crippen molar-refractivity contribution in [3.05, 3.63) is 52.6 Å². The minimum Gasteiger partial charge on any atom is -0.495 e. The van der Waals surface area contributed by atoms with Crippen molar-refractivity contribution in [2.45, 2.75) is 19.9 Å². The fourth-order valence-corrected chi connectivity index (χ4v) is 3.27. The molecule has 1 amide bonds. The molecule has 0 saturated carbocycles. The molecule has 0 aliphatic heterocycles. The number of nitrogens with zero attached hydrogens (tertiary/aromatic N) is 3. The lowest BCUT2D eigenvalue weighted by atomic mass is 10.0. The van der Waals surface area contributed by atoms with Gasteiger partial charge in [-0.2, -0.15) is 4.98 Å². The third-order valence-electron chi connectivity index (χ3n) is 4.31. The number of hydrogen-bond donors (Lipinski definition) is 1. The second-order valence-electron chi connectivity index (χ2n) is 6.58. The molecule has 0 aliphatic carbocycles. The minimum atomic E-state index is -0.466. The number of rotatable bonds is 7. The number of nitrogens with one attached hydrogen (secondary N) is 1. The van der Waals surface area contributed by atoms with E-state index in [9.17, 15) is 4.79 Å². The number of carbonyl (C=O) groups is 1. The first-order valence-electron chi connectivity index (χ1n) is 8.91. The number of aromatic nitrogens is 3. The Balaban J connectivity index is 1.87. The zero-order chi connectivity index (χ0) is 21.0. The van der Waals surface area contributed by atoms with E-state index in [1.165, 1.54) is 14.2 Å². The van der Waals surface area contributed by atoms with Gasteiger partial charge in [0.15, 0.2) is 0 Å². The number of methoxy groups -OCH3 is 2. The van der Waals surface area contributed by atoms with E-state index in [2.05, 4.69) is 36.4 Å². The van der Waals surface area contributed by atoms with Crippen LogP contribution in [0.25, 0.3) is 11.4 Å². The second-order valence-corrected chi connectivity index (χ2v) is 7.38. The van der Waals surface area contributed by atoms with Gasteiger partial charge in [-0.1, -0.05) is 19.0 Å². The lowest BCUT2D eigenvalue weighted by molar-refractivity contribution is 0.0913. The molecule has 0 fully saturated rings. The van der Waals surface area contributed by atoms with Gasteiger partial charge in [0.1, 0.15) is 22.0 Å². The minimum absolute atomic E-state index is 0.0175. The smallest absolute Gasteiger partial charge is 0.252 e. The molecule has 0 radical (unpaired) electrons. The summed E-state index contributed by atoms with van der Waals surface area (Å²) in [5, 5.41) is 6.99. The third kappa shape index (κ3) is 4.56. The van der Waals surface area contributed by atoms with Crippen LogP contribution < -0.4 is 14.8 Å². The summed E-state index contributed by atoms with van der Waals surface area (Å²) in [5.74, 6) is 1.47. The van der Waals surface area contributed by atoms with E-state index in [1.54, 1.807) is 36.7 Å². The highest BCUT2D eigenvalue weighted by Crippen LogP contribution is 2.36.